The Morgan fingerprint density at radius 1 is 0.913 bits per heavy atom. The summed E-state index contributed by atoms with van der Waals surface area (Å²) in [6.07, 6.45) is -3.40. The van der Waals surface area contributed by atoms with Crippen LogP contribution in [0.5, 0.6) is 0 Å². The van der Waals surface area contributed by atoms with Crippen molar-refractivity contribution in [3.05, 3.63) is 35.9 Å². The lowest BCUT2D eigenvalue weighted by Gasteiger charge is -2.17. The number of ether oxygens (including phenoxy) is 3. The third kappa shape index (κ3) is 6.48. The number of rotatable bonds is 8. The van der Waals surface area contributed by atoms with Gasteiger partial charge in [-0.3, -0.25) is 0 Å². The van der Waals surface area contributed by atoms with Crippen molar-refractivity contribution in [2.45, 2.75) is 45.7 Å². The number of benzene rings is 1. The molecule has 0 bridgehead atoms. The molecular formula is C16H20O7. The van der Waals surface area contributed by atoms with Crippen LogP contribution in [0.3, 0.4) is 0 Å². The van der Waals surface area contributed by atoms with Gasteiger partial charge in [-0.05, 0) is 26.3 Å². The van der Waals surface area contributed by atoms with Gasteiger partial charge in [0.15, 0.2) is 18.3 Å². The van der Waals surface area contributed by atoms with Crippen molar-refractivity contribution in [3.8, 4) is 0 Å². The maximum absolute atomic E-state index is 11.8. The van der Waals surface area contributed by atoms with Gasteiger partial charge in [-0.1, -0.05) is 30.3 Å². The summed E-state index contributed by atoms with van der Waals surface area (Å²) in [4.78, 5) is 34.0. The standard InChI is InChI=1S/C16H20O7/c1-10(14(17)18)22-16(20)12(3)23-15(19)11(2)21-9-13-7-5-4-6-8-13/h4-8,10-12H,9H2,1-3H3,(H,17,18)/t10-,11-,12-/m0/s1. The van der Waals surface area contributed by atoms with Crippen molar-refractivity contribution in [3.63, 3.8) is 0 Å². The Kier molecular flexibility index (Phi) is 7.21. The third-order valence-electron chi connectivity index (χ3n) is 2.94. The first kappa shape index (κ1) is 18.6. The lowest BCUT2D eigenvalue weighted by Crippen LogP contribution is -2.35. The Labute approximate surface area is 134 Å². The Morgan fingerprint density at radius 2 is 1.43 bits per heavy atom. The number of carbonyl (C=O) groups is 3. The molecule has 1 rings (SSSR count). The monoisotopic (exact) mass is 324 g/mol. The van der Waals surface area contributed by atoms with Crippen LogP contribution in [0.1, 0.15) is 26.3 Å². The van der Waals surface area contributed by atoms with Crippen LogP contribution in [0.2, 0.25) is 0 Å². The van der Waals surface area contributed by atoms with E-state index in [0.717, 1.165) is 5.56 Å². The van der Waals surface area contributed by atoms with Crippen molar-refractivity contribution >= 4 is 17.9 Å². The smallest absolute Gasteiger partial charge is 0.347 e. The number of carboxylic acids is 1. The molecule has 0 fully saturated rings. The second-order valence-electron chi connectivity index (χ2n) is 4.94. The number of esters is 2. The molecule has 0 unspecified atom stereocenters. The summed E-state index contributed by atoms with van der Waals surface area (Å²) in [5.74, 6) is -2.94. The lowest BCUT2D eigenvalue weighted by molar-refractivity contribution is -0.179. The molecule has 1 aromatic carbocycles. The second kappa shape index (κ2) is 8.89. The number of hydrogen-bond donors (Lipinski definition) is 1. The first-order valence-electron chi connectivity index (χ1n) is 7.10. The summed E-state index contributed by atoms with van der Waals surface area (Å²) in [5.41, 5.74) is 0.898. The molecule has 0 aliphatic carbocycles. The summed E-state index contributed by atoms with van der Waals surface area (Å²) in [5, 5.41) is 8.66. The molecule has 0 saturated carbocycles. The molecule has 0 aliphatic heterocycles. The van der Waals surface area contributed by atoms with Gasteiger partial charge in [0, 0.05) is 0 Å². The van der Waals surface area contributed by atoms with E-state index in [-0.39, 0.29) is 6.61 Å². The van der Waals surface area contributed by atoms with E-state index in [1.54, 1.807) is 0 Å². The molecule has 0 radical (unpaired) electrons. The molecule has 1 aromatic rings. The Morgan fingerprint density at radius 3 is 2.00 bits per heavy atom. The van der Waals surface area contributed by atoms with E-state index >= 15 is 0 Å². The highest BCUT2D eigenvalue weighted by Crippen LogP contribution is 2.07. The van der Waals surface area contributed by atoms with Gasteiger partial charge in [0.1, 0.15) is 0 Å². The number of hydrogen-bond acceptors (Lipinski definition) is 6. The van der Waals surface area contributed by atoms with Crippen LogP contribution in [0, 0.1) is 0 Å². The molecule has 3 atom stereocenters. The molecule has 0 saturated heterocycles. The van der Waals surface area contributed by atoms with E-state index in [1.165, 1.54) is 20.8 Å². The van der Waals surface area contributed by atoms with Crippen LogP contribution in [0.25, 0.3) is 0 Å². The van der Waals surface area contributed by atoms with Gasteiger partial charge in [0.2, 0.25) is 0 Å². The van der Waals surface area contributed by atoms with Crippen LogP contribution in [0.15, 0.2) is 30.3 Å². The molecule has 23 heavy (non-hydrogen) atoms. The van der Waals surface area contributed by atoms with Crippen LogP contribution in [-0.2, 0) is 35.2 Å². The molecule has 0 heterocycles. The normalized spacial score (nSPS) is 14.4. The zero-order valence-electron chi connectivity index (χ0n) is 13.2. The van der Waals surface area contributed by atoms with Crippen molar-refractivity contribution in [2.75, 3.05) is 0 Å². The Bertz CT molecular complexity index is 541. The first-order valence-corrected chi connectivity index (χ1v) is 7.10. The van der Waals surface area contributed by atoms with Crippen LogP contribution < -0.4 is 0 Å². The summed E-state index contributed by atoms with van der Waals surface area (Å²) >= 11 is 0. The molecule has 0 amide bonds. The van der Waals surface area contributed by atoms with Gasteiger partial charge in [-0.2, -0.15) is 0 Å². The predicted octanol–water partition coefficient (Wildman–Crippen LogP) is 1.54. The number of carboxylic acid groups (broad SMARTS) is 1. The van der Waals surface area contributed by atoms with E-state index < -0.39 is 36.2 Å². The van der Waals surface area contributed by atoms with Crippen LogP contribution in [0.4, 0.5) is 0 Å². The van der Waals surface area contributed by atoms with Gasteiger partial charge in [-0.15, -0.1) is 0 Å². The van der Waals surface area contributed by atoms with Gasteiger partial charge in [-0.25, -0.2) is 14.4 Å². The number of carbonyl (C=O) groups excluding carboxylic acids is 2. The van der Waals surface area contributed by atoms with Gasteiger partial charge < -0.3 is 19.3 Å². The van der Waals surface area contributed by atoms with E-state index in [4.69, 9.17) is 14.6 Å². The van der Waals surface area contributed by atoms with Crippen molar-refractivity contribution in [1.82, 2.24) is 0 Å². The highest BCUT2D eigenvalue weighted by Gasteiger charge is 2.26. The van der Waals surface area contributed by atoms with E-state index in [9.17, 15) is 14.4 Å². The fourth-order valence-corrected chi connectivity index (χ4v) is 1.50. The highest BCUT2D eigenvalue weighted by molar-refractivity contribution is 5.83. The average Bonchev–Trinajstić information content (AvgIpc) is 2.53. The molecule has 7 heteroatoms. The zero-order valence-corrected chi connectivity index (χ0v) is 13.2. The van der Waals surface area contributed by atoms with Crippen molar-refractivity contribution in [1.29, 1.82) is 0 Å². The first-order chi connectivity index (χ1) is 10.8. The van der Waals surface area contributed by atoms with E-state index in [0.29, 0.717) is 0 Å². The summed E-state index contributed by atoms with van der Waals surface area (Å²) in [7, 11) is 0. The topological polar surface area (TPSA) is 99.1 Å². The second-order valence-corrected chi connectivity index (χ2v) is 4.94. The van der Waals surface area contributed by atoms with E-state index in [2.05, 4.69) is 4.74 Å². The maximum Gasteiger partial charge on any atom is 0.347 e. The van der Waals surface area contributed by atoms with Crippen LogP contribution >= 0.6 is 0 Å². The summed E-state index contributed by atoms with van der Waals surface area (Å²) in [6, 6.07) is 9.27. The van der Waals surface area contributed by atoms with Crippen LogP contribution in [-0.4, -0.2) is 41.3 Å². The van der Waals surface area contributed by atoms with Gasteiger partial charge in [0.25, 0.3) is 0 Å². The SMILES string of the molecule is C[C@H](OC(=O)[C@H](C)OC(=O)[C@H](C)OCc1ccccc1)C(=O)O. The Balaban J connectivity index is 2.41. The van der Waals surface area contributed by atoms with Gasteiger partial charge in [0.05, 0.1) is 6.61 Å². The summed E-state index contributed by atoms with van der Waals surface area (Å²) in [6.45, 7) is 4.24. The molecule has 126 valence electrons. The third-order valence-corrected chi connectivity index (χ3v) is 2.94. The molecule has 0 aromatic heterocycles. The quantitative estimate of drug-likeness (QED) is 0.724. The minimum atomic E-state index is -1.31. The molecule has 7 nitrogen and oxygen atoms in total. The minimum absolute atomic E-state index is 0.228. The fraction of sp³-hybridized carbons (Fsp3) is 0.438. The average molecular weight is 324 g/mol. The largest absolute Gasteiger partial charge is 0.479 e. The fourth-order valence-electron chi connectivity index (χ4n) is 1.50. The van der Waals surface area contributed by atoms with Crippen molar-refractivity contribution < 1.29 is 33.7 Å². The maximum atomic E-state index is 11.8. The van der Waals surface area contributed by atoms with Crippen molar-refractivity contribution in [2.24, 2.45) is 0 Å². The van der Waals surface area contributed by atoms with E-state index in [1.807, 2.05) is 30.3 Å². The van der Waals surface area contributed by atoms with Gasteiger partial charge >= 0.3 is 17.9 Å². The molecular weight excluding hydrogens is 304 g/mol. The number of aliphatic carboxylic acids is 1. The Hall–Kier alpha value is -2.41. The molecule has 1 N–H and O–H groups in total. The highest BCUT2D eigenvalue weighted by atomic mass is 16.6. The lowest BCUT2D eigenvalue weighted by atomic mass is 10.2. The molecule has 0 spiro atoms. The zero-order chi connectivity index (χ0) is 17.4. The predicted molar refractivity (Wildman–Crippen MR) is 79.4 cm³/mol. The minimum Gasteiger partial charge on any atom is -0.479 e. The summed E-state index contributed by atoms with van der Waals surface area (Å²) < 4.78 is 14.9. The molecule has 0 aliphatic rings.